The Bertz CT molecular complexity index is 875. The van der Waals surface area contributed by atoms with Gasteiger partial charge in [0.15, 0.2) is 0 Å². The molecule has 3 aromatic rings. The van der Waals surface area contributed by atoms with Crippen LogP contribution < -0.4 is 4.74 Å². The molecule has 0 aliphatic carbocycles. The summed E-state index contributed by atoms with van der Waals surface area (Å²) in [7, 11) is 1.68. The van der Waals surface area contributed by atoms with Crippen LogP contribution in [-0.4, -0.2) is 13.3 Å². The fraction of sp³-hybridized carbons (Fsp3) is 0.160. The van der Waals surface area contributed by atoms with Crippen molar-refractivity contribution in [2.24, 2.45) is 4.99 Å². The summed E-state index contributed by atoms with van der Waals surface area (Å²) >= 11 is 0. The maximum absolute atomic E-state index is 5.21. The molecule has 0 unspecified atom stereocenters. The minimum Gasteiger partial charge on any atom is -0.497 e. The van der Waals surface area contributed by atoms with Gasteiger partial charge >= 0.3 is 0 Å². The van der Waals surface area contributed by atoms with E-state index < -0.39 is 0 Å². The number of aliphatic imine (C=N–C) groups is 1. The zero-order valence-corrected chi connectivity index (χ0v) is 15.8. The van der Waals surface area contributed by atoms with Crippen molar-refractivity contribution in [1.82, 2.24) is 0 Å². The van der Waals surface area contributed by atoms with Crippen molar-refractivity contribution in [3.8, 4) is 16.9 Å². The van der Waals surface area contributed by atoms with Crippen molar-refractivity contribution in [2.45, 2.75) is 19.3 Å². The van der Waals surface area contributed by atoms with Gasteiger partial charge in [-0.25, -0.2) is 0 Å². The molecule has 0 heterocycles. The standard InChI is InChI=1S/C25H25NO/c1-3-4-5-6-20-7-9-21(10-8-20)19-26-24-15-11-22(12-16-24)23-13-17-25(27-2)18-14-23/h3,7-19H,1,4-6H2,2H3. The second kappa shape index (κ2) is 9.54. The van der Waals surface area contributed by atoms with Crippen molar-refractivity contribution < 1.29 is 4.74 Å². The third-order valence-electron chi connectivity index (χ3n) is 4.51. The molecule has 0 N–H and O–H groups in total. The Morgan fingerprint density at radius 3 is 2.07 bits per heavy atom. The number of allylic oxidation sites excluding steroid dienone is 1. The monoisotopic (exact) mass is 355 g/mol. The lowest BCUT2D eigenvalue weighted by Gasteiger charge is -2.04. The van der Waals surface area contributed by atoms with Gasteiger partial charge in [-0.2, -0.15) is 0 Å². The lowest BCUT2D eigenvalue weighted by atomic mass is 10.1. The van der Waals surface area contributed by atoms with Crippen molar-refractivity contribution in [3.05, 3.63) is 96.6 Å². The number of benzene rings is 3. The summed E-state index contributed by atoms with van der Waals surface area (Å²) < 4.78 is 5.21. The minimum absolute atomic E-state index is 0.867. The van der Waals surface area contributed by atoms with E-state index in [2.05, 4.69) is 60.1 Å². The van der Waals surface area contributed by atoms with Gasteiger partial charge in [0.25, 0.3) is 0 Å². The van der Waals surface area contributed by atoms with Crippen LogP contribution in [0.1, 0.15) is 24.0 Å². The predicted molar refractivity (Wildman–Crippen MR) is 115 cm³/mol. The van der Waals surface area contributed by atoms with Gasteiger partial charge < -0.3 is 4.74 Å². The van der Waals surface area contributed by atoms with Crippen LogP contribution in [0.5, 0.6) is 5.75 Å². The fourth-order valence-electron chi connectivity index (χ4n) is 2.89. The highest BCUT2D eigenvalue weighted by Crippen LogP contribution is 2.24. The highest BCUT2D eigenvalue weighted by atomic mass is 16.5. The van der Waals surface area contributed by atoms with Crippen molar-refractivity contribution in [2.75, 3.05) is 7.11 Å². The fourth-order valence-corrected chi connectivity index (χ4v) is 2.89. The van der Waals surface area contributed by atoms with E-state index in [0.29, 0.717) is 0 Å². The summed E-state index contributed by atoms with van der Waals surface area (Å²) in [6, 6.07) is 24.9. The Kier molecular flexibility index (Phi) is 6.59. The number of ether oxygens (including phenoxy) is 1. The Labute approximate surface area is 161 Å². The molecule has 0 amide bonds. The molecule has 3 rings (SSSR count). The molecule has 0 aliphatic rings. The first-order valence-corrected chi connectivity index (χ1v) is 9.27. The van der Waals surface area contributed by atoms with Gasteiger partial charge in [-0.15, -0.1) is 6.58 Å². The number of aryl methyl sites for hydroxylation is 1. The number of rotatable bonds is 8. The highest BCUT2D eigenvalue weighted by molar-refractivity contribution is 5.82. The van der Waals surface area contributed by atoms with Crippen LogP contribution >= 0.6 is 0 Å². The van der Waals surface area contributed by atoms with E-state index in [1.165, 1.54) is 16.7 Å². The average Bonchev–Trinajstić information content (AvgIpc) is 2.74. The number of hydrogen-bond donors (Lipinski definition) is 0. The van der Waals surface area contributed by atoms with E-state index in [9.17, 15) is 0 Å². The summed E-state index contributed by atoms with van der Waals surface area (Å²) in [5.41, 5.74) is 5.75. The summed E-state index contributed by atoms with van der Waals surface area (Å²) in [6.07, 6.45) is 7.19. The normalized spacial score (nSPS) is 10.9. The largest absolute Gasteiger partial charge is 0.497 e. The van der Waals surface area contributed by atoms with E-state index in [-0.39, 0.29) is 0 Å². The van der Waals surface area contributed by atoms with Crippen LogP contribution in [0.3, 0.4) is 0 Å². The molecule has 27 heavy (non-hydrogen) atoms. The molecule has 0 radical (unpaired) electrons. The molecule has 2 nitrogen and oxygen atoms in total. The molecular formula is C25H25NO. The quantitative estimate of drug-likeness (QED) is 0.253. The predicted octanol–water partition coefficient (Wildman–Crippen LogP) is 6.62. The summed E-state index contributed by atoms with van der Waals surface area (Å²) in [4.78, 5) is 4.59. The highest BCUT2D eigenvalue weighted by Gasteiger charge is 1.99. The van der Waals surface area contributed by atoms with Crippen LogP contribution in [0, 0.1) is 0 Å². The number of methoxy groups -OCH3 is 1. The smallest absolute Gasteiger partial charge is 0.118 e. The Balaban J connectivity index is 1.62. The summed E-state index contributed by atoms with van der Waals surface area (Å²) in [5, 5.41) is 0. The molecule has 0 fully saturated rings. The maximum atomic E-state index is 5.21. The van der Waals surface area contributed by atoms with Gasteiger partial charge in [-0.1, -0.05) is 54.6 Å². The summed E-state index contributed by atoms with van der Waals surface area (Å²) in [6.45, 7) is 3.77. The maximum Gasteiger partial charge on any atom is 0.118 e. The molecule has 0 aromatic heterocycles. The van der Waals surface area contributed by atoms with Crippen molar-refractivity contribution in [3.63, 3.8) is 0 Å². The number of hydrogen-bond acceptors (Lipinski definition) is 2. The molecule has 0 spiro atoms. The Morgan fingerprint density at radius 2 is 1.48 bits per heavy atom. The van der Waals surface area contributed by atoms with Crippen LogP contribution in [0.15, 0.2) is 90.4 Å². The average molecular weight is 355 g/mol. The number of nitrogens with zero attached hydrogens (tertiary/aromatic N) is 1. The second-order valence-electron chi connectivity index (χ2n) is 6.46. The zero-order chi connectivity index (χ0) is 18.9. The van der Waals surface area contributed by atoms with E-state index in [4.69, 9.17) is 4.74 Å². The zero-order valence-electron chi connectivity index (χ0n) is 15.8. The third kappa shape index (κ3) is 5.42. The molecule has 0 bridgehead atoms. The molecule has 0 saturated heterocycles. The Hall–Kier alpha value is -3.13. The van der Waals surface area contributed by atoms with Crippen molar-refractivity contribution in [1.29, 1.82) is 0 Å². The first kappa shape index (κ1) is 18.7. The van der Waals surface area contributed by atoms with E-state index in [1.54, 1.807) is 7.11 Å². The van der Waals surface area contributed by atoms with Crippen LogP contribution in [0.4, 0.5) is 5.69 Å². The molecular weight excluding hydrogens is 330 g/mol. The molecule has 136 valence electrons. The van der Waals surface area contributed by atoms with Gasteiger partial charge in [0.05, 0.1) is 12.8 Å². The summed E-state index contributed by atoms with van der Waals surface area (Å²) in [5.74, 6) is 0.867. The lowest BCUT2D eigenvalue weighted by molar-refractivity contribution is 0.415. The second-order valence-corrected chi connectivity index (χ2v) is 6.46. The molecule has 0 atom stereocenters. The molecule has 2 heteroatoms. The van der Waals surface area contributed by atoms with Gasteiger partial charge in [-0.3, -0.25) is 4.99 Å². The Morgan fingerprint density at radius 1 is 0.852 bits per heavy atom. The molecule has 3 aromatic carbocycles. The lowest BCUT2D eigenvalue weighted by Crippen LogP contribution is -1.86. The number of unbranched alkanes of at least 4 members (excludes halogenated alkanes) is 1. The first-order valence-electron chi connectivity index (χ1n) is 9.27. The van der Waals surface area contributed by atoms with Gasteiger partial charge in [0.1, 0.15) is 5.75 Å². The topological polar surface area (TPSA) is 21.6 Å². The van der Waals surface area contributed by atoms with Crippen molar-refractivity contribution >= 4 is 11.9 Å². The first-order chi connectivity index (χ1) is 13.3. The SMILES string of the molecule is C=CCCCc1ccc(C=Nc2ccc(-c3ccc(OC)cc3)cc2)cc1. The third-order valence-corrected chi connectivity index (χ3v) is 4.51. The van der Waals surface area contributed by atoms with E-state index >= 15 is 0 Å². The van der Waals surface area contributed by atoms with Gasteiger partial charge in [-0.05, 0) is 65.8 Å². The van der Waals surface area contributed by atoms with Crippen LogP contribution in [0.2, 0.25) is 0 Å². The van der Waals surface area contributed by atoms with Gasteiger partial charge in [0, 0.05) is 6.21 Å². The molecule has 0 aliphatic heterocycles. The van der Waals surface area contributed by atoms with Crippen LogP contribution in [0.25, 0.3) is 11.1 Å². The van der Waals surface area contributed by atoms with Gasteiger partial charge in [0.2, 0.25) is 0 Å². The minimum atomic E-state index is 0.867. The van der Waals surface area contributed by atoms with E-state index in [0.717, 1.165) is 36.3 Å². The van der Waals surface area contributed by atoms with Crippen LogP contribution in [-0.2, 0) is 6.42 Å². The van der Waals surface area contributed by atoms with E-state index in [1.807, 2.05) is 36.6 Å². The molecule has 0 saturated carbocycles.